The number of hydrogen-bond donors (Lipinski definition) is 3. The first-order chi connectivity index (χ1) is 13.2. The second-order valence-corrected chi connectivity index (χ2v) is 7.63. The van der Waals surface area contributed by atoms with Gasteiger partial charge in [0.15, 0.2) is 5.75 Å². The predicted molar refractivity (Wildman–Crippen MR) is 113 cm³/mol. The maximum absolute atomic E-state index is 11.6. The third-order valence-corrected chi connectivity index (χ3v) is 4.95. The van der Waals surface area contributed by atoms with Crippen molar-refractivity contribution in [2.75, 3.05) is 5.32 Å². The summed E-state index contributed by atoms with van der Waals surface area (Å²) < 4.78 is 32.7. The topological polar surface area (TPSA) is 128 Å². The van der Waals surface area contributed by atoms with Crippen LogP contribution >= 0.6 is 11.6 Å². The molecule has 0 saturated carbocycles. The van der Waals surface area contributed by atoms with Crippen molar-refractivity contribution in [2.45, 2.75) is 11.8 Å². The van der Waals surface area contributed by atoms with Crippen LogP contribution in [0, 0.1) is 0 Å². The Morgan fingerprint density at radius 1 is 1.03 bits per heavy atom. The zero-order valence-electron chi connectivity index (χ0n) is 14.4. The number of hydrogen-bond acceptors (Lipinski definition) is 6. The second-order valence-electron chi connectivity index (χ2n) is 5.80. The standard InChI is InChI=1S/C18H14ClN3O5S.Na.H/c1-10(23)20-14-8-9-16(28(25,26)27)13-6-7-15(18(24)17(13)14)22-21-12-4-2-11(19)3-5-12;;/h2-9,24H,1H3,(H,20,23)(H,25,26,27);;. The number of amides is 1. The number of carbonyl (C=O) groups excluding carboxylic acids is 1. The molecule has 11 heteroatoms. The fraction of sp³-hybridized carbons (Fsp3) is 0.0556. The molecule has 8 nitrogen and oxygen atoms in total. The number of nitrogens with one attached hydrogen (secondary N) is 1. The first-order valence-electron chi connectivity index (χ1n) is 7.88. The van der Waals surface area contributed by atoms with Crippen molar-refractivity contribution in [1.82, 2.24) is 0 Å². The number of fused-ring (bicyclic) bond motifs is 1. The maximum atomic E-state index is 11.6. The molecular formula is C18H15ClN3NaO5S. The summed E-state index contributed by atoms with van der Waals surface area (Å²) in [7, 11) is -4.55. The second kappa shape index (κ2) is 9.21. The zero-order valence-corrected chi connectivity index (χ0v) is 16.0. The molecule has 0 aliphatic rings. The van der Waals surface area contributed by atoms with Gasteiger partial charge in [-0.2, -0.15) is 13.5 Å². The average molecular weight is 444 g/mol. The predicted octanol–water partition coefficient (Wildman–Crippen LogP) is 4.17. The summed E-state index contributed by atoms with van der Waals surface area (Å²) in [5.41, 5.74) is 0.690. The molecule has 0 fully saturated rings. The van der Waals surface area contributed by atoms with Gasteiger partial charge in [0.25, 0.3) is 10.1 Å². The Balaban J connectivity index is 0.00000300. The molecular weight excluding hydrogens is 429 g/mol. The van der Waals surface area contributed by atoms with Crippen molar-refractivity contribution in [3.05, 3.63) is 53.6 Å². The average Bonchev–Trinajstić information content (AvgIpc) is 2.61. The van der Waals surface area contributed by atoms with Gasteiger partial charge in [0.1, 0.15) is 10.6 Å². The van der Waals surface area contributed by atoms with Gasteiger partial charge in [0.05, 0.1) is 16.8 Å². The summed E-state index contributed by atoms with van der Waals surface area (Å²) in [4.78, 5) is 11.1. The molecule has 0 saturated heterocycles. The number of phenolic OH excluding ortho intramolecular Hbond substituents is 1. The number of benzene rings is 3. The van der Waals surface area contributed by atoms with Crippen LogP contribution in [0.15, 0.2) is 63.7 Å². The molecule has 0 aromatic heterocycles. The van der Waals surface area contributed by atoms with Gasteiger partial charge >= 0.3 is 29.6 Å². The molecule has 29 heavy (non-hydrogen) atoms. The first kappa shape index (κ1) is 23.3. The van der Waals surface area contributed by atoms with Crippen LogP contribution in [0.2, 0.25) is 5.02 Å². The van der Waals surface area contributed by atoms with E-state index in [0.717, 1.165) is 6.07 Å². The van der Waals surface area contributed by atoms with Crippen LogP contribution in [0.25, 0.3) is 10.8 Å². The van der Waals surface area contributed by atoms with Gasteiger partial charge in [-0.3, -0.25) is 9.35 Å². The van der Waals surface area contributed by atoms with E-state index in [9.17, 15) is 22.9 Å². The van der Waals surface area contributed by atoms with Gasteiger partial charge in [-0.25, -0.2) is 0 Å². The number of aromatic hydroxyl groups is 1. The third-order valence-electron chi connectivity index (χ3n) is 3.78. The van der Waals surface area contributed by atoms with Gasteiger partial charge in [-0.05, 0) is 42.5 Å². The first-order valence-corrected chi connectivity index (χ1v) is 9.69. The molecule has 3 aromatic carbocycles. The Kier molecular flexibility index (Phi) is 7.39. The van der Waals surface area contributed by atoms with Gasteiger partial charge < -0.3 is 10.4 Å². The van der Waals surface area contributed by atoms with Crippen molar-refractivity contribution in [3.8, 4) is 5.75 Å². The molecule has 0 bridgehead atoms. The van der Waals surface area contributed by atoms with E-state index in [1.807, 2.05) is 0 Å². The van der Waals surface area contributed by atoms with Gasteiger partial charge in [-0.1, -0.05) is 17.7 Å². The summed E-state index contributed by atoms with van der Waals surface area (Å²) >= 11 is 5.81. The van der Waals surface area contributed by atoms with Crippen LogP contribution in [-0.2, 0) is 14.9 Å². The summed E-state index contributed by atoms with van der Waals surface area (Å²) in [5.74, 6) is -0.821. The minimum atomic E-state index is -4.55. The van der Waals surface area contributed by atoms with Crippen LogP contribution in [0.4, 0.5) is 17.1 Å². The van der Waals surface area contributed by atoms with E-state index in [1.54, 1.807) is 24.3 Å². The molecule has 3 N–H and O–H groups in total. The zero-order chi connectivity index (χ0) is 20.5. The quantitative estimate of drug-likeness (QED) is 0.316. The Bertz CT molecular complexity index is 1210. The number of phenols is 1. The Morgan fingerprint density at radius 2 is 1.69 bits per heavy atom. The van der Waals surface area contributed by atoms with Crippen molar-refractivity contribution in [2.24, 2.45) is 10.2 Å². The Labute approximate surface area is 193 Å². The van der Waals surface area contributed by atoms with Gasteiger partial charge in [0.2, 0.25) is 5.91 Å². The van der Waals surface area contributed by atoms with Crippen molar-refractivity contribution < 1.29 is 22.9 Å². The molecule has 0 radical (unpaired) electrons. The fourth-order valence-electron chi connectivity index (χ4n) is 2.61. The van der Waals surface area contributed by atoms with Crippen molar-refractivity contribution >= 4 is 85.0 Å². The van der Waals surface area contributed by atoms with Crippen LogP contribution in [0.3, 0.4) is 0 Å². The fourth-order valence-corrected chi connectivity index (χ4v) is 3.42. The molecule has 0 aliphatic heterocycles. The number of nitrogens with zero attached hydrogens (tertiary/aromatic N) is 2. The van der Waals surface area contributed by atoms with Crippen LogP contribution in [0.5, 0.6) is 5.75 Å². The Hall–Kier alpha value is -2.01. The Morgan fingerprint density at radius 3 is 2.28 bits per heavy atom. The van der Waals surface area contributed by atoms with E-state index >= 15 is 0 Å². The summed E-state index contributed by atoms with van der Waals surface area (Å²) in [5, 5.41) is 21.7. The van der Waals surface area contributed by atoms with Crippen LogP contribution in [-0.4, -0.2) is 53.5 Å². The third kappa shape index (κ3) is 5.33. The summed E-state index contributed by atoms with van der Waals surface area (Å²) in [6.45, 7) is 1.27. The normalized spacial score (nSPS) is 11.4. The number of anilines is 1. The molecule has 3 rings (SSSR count). The van der Waals surface area contributed by atoms with Crippen LogP contribution in [0.1, 0.15) is 6.92 Å². The minimum absolute atomic E-state index is 0. The van der Waals surface area contributed by atoms with Crippen molar-refractivity contribution in [1.29, 1.82) is 0 Å². The van der Waals surface area contributed by atoms with Crippen LogP contribution < -0.4 is 5.32 Å². The molecule has 0 spiro atoms. The number of azo groups is 1. The summed E-state index contributed by atoms with van der Waals surface area (Å²) in [6, 6.07) is 11.6. The van der Waals surface area contributed by atoms with E-state index < -0.39 is 26.7 Å². The SMILES string of the molecule is CC(=O)Nc1ccc(S(=O)(=O)O)c2ccc(N=Nc3ccc(Cl)cc3)c(O)c12.[NaH]. The molecule has 146 valence electrons. The number of carbonyl (C=O) groups is 1. The van der Waals surface area contributed by atoms with E-state index in [-0.39, 0.29) is 51.7 Å². The van der Waals surface area contributed by atoms with E-state index in [1.165, 1.54) is 25.1 Å². The van der Waals surface area contributed by atoms with Gasteiger partial charge in [0, 0.05) is 17.3 Å². The van der Waals surface area contributed by atoms with Gasteiger partial charge in [-0.15, -0.1) is 5.11 Å². The monoisotopic (exact) mass is 443 g/mol. The number of halogens is 1. The molecule has 0 heterocycles. The van der Waals surface area contributed by atoms with E-state index in [4.69, 9.17) is 11.6 Å². The van der Waals surface area contributed by atoms with E-state index in [2.05, 4.69) is 15.5 Å². The molecule has 0 unspecified atom stereocenters. The molecule has 0 aliphatic carbocycles. The molecule has 1 amide bonds. The van der Waals surface area contributed by atoms with Crippen molar-refractivity contribution in [3.63, 3.8) is 0 Å². The molecule has 3 aromatic rings. The molecule has 0 atom stereocenters. The van der Waals surface area contributed by atoms with E-state index in [0.29, 0.717) is 10.7 Å². The number of rotatable bonds is 4. The summed E-state index contributed by atoms with van der Waals surface area (Å²) in [6.07, 6.45) is 0.